The van der Waals surface area contributed by atoms with Crippen molar-refractivity contribution in [3.8, 4) is 17.2 Å². The molecule has 0 unspecified atom stereocenters. The summed E-state index contributed by atoms with van der Waals surface area (Å²) in [4.78, 5) is 4.53. The summed E-state index contributed by atoms with van der Waals surface area (Å²) in [6.07, 6.45) is 2.14. The number of methoxy groups -OCH3 is 1. The summed E-state index contributed by atoms with van der Waals surface area (Å²) < 4.78 is 17.6. The van der Waals surface area contributed by atoms with Gasteiger partial charge in [0.05, 0.1) is 25.5 Å². The predicted molar refractivity (Wildman–Crippen MR) is 114 cm³/mol. The van der Waals surface area contributed by atoms with E-state index in [1.807, 2.05) is 54.4 Å². The topological polar surface area (TPSA) is 56.2 Å². The lowest BCUT2D eigenvalue weighted by atomic mass is 9.96. The second-order valence-corrected chi connectivity index (χ2v) is 7.21. The summed E-state index contributed by atoms with van der Waals surface area (Å²) in [5.41, 5.74) is 3.99. The zero-order valence-electron chi connectivity index (χ0n) is 17.0. The van der Waals surface area contributed by atoms with E-state index in [0.717, 1.165) is 46.2 Å². The van der Waals surface area contributed by atoms with E-state index in [4.69, 9.17) is 19.3 Å². The van der Waals surface area contributed by atoms with Crippen LogP contribution in [0.1, 0.15) is 42.4 Å². The van der Waals surface area contributed by atoms with Crippen LogP contribution < -0.4 is 14.2 Å². The maximum absolute atomic E-state index is 6.40. The molecule has 0 saturated carbocycles. The Kier molecular flexibility index (Phi) is 4.75. The van der Waals surface area contributed by atoms with Crippen molar-refractivity contribution in [3.05, 3.63) is 83.7 Å². The quantitative estimate of drug-likeness (QED) is 0.619. The fourth-order valence-electron chi connectivity index (χ4n) is 4.05. The van der Waals surface area contributed by atoms with Gasteiger partial charge in [-0.2, -0.15) is 5.10 Å². The van der Waals surface area contributed by atoms with Crippen LogP contribution in [0.3, 0.4) is 0 Å². The Bertz CT molecular complexity index is 1070. The lowest BCUT2D eigenvalue weighted by Crippen LogP contribution is -2.34. The maximum atomic E-state index is 6.40. The third-order valence-electron chi connectivity index (χ3n) is 5.44. The summed E-state index contributed by atoms with van der Waals surface area (Å²) in [6, 6.07) is 20.0. The molecule has 0 amide bonds. The molecular formula is C24H23N3O3. The van der Waals surface area contributed by atoms with Gasteiger partial charge in [-0.3, -0.25) is 4.98 Å². The minimum atomic E-state index is -0.416. The fraction of sp³-hybridized carbons (Fsp3) is 0.250. The van der Waals surface area contributed by atoms with E-state index in [-0.39, 0.29) is 6.04 Å². The molecule has 6 heteroatoms. The summed E-state index contributed by atoms with van der Waals surface area (Å²) >= 11 is 0. The summed E-state index contributed by atoms with van der Waals surface area (Å²) in [5.74, 6) is 2.35. The van der Waals surface area contributed by atoms with Gasteiger partial charge in [0.25, 0.3) is 0 Å². The van der Waals surface area contributed by atoms with E-state index in [2.05, 4.69) is 23.2 Å². The normalized spacial score (nSPS) is 19.4. The van der Waals surface area contributed by atoms with Gasteiger partial charge in [-0.1, -0.05) is 18.2 Å². The highest BCUT2D eigenvalue weighted by Crippen LogP contribution is 2.50. The van der Waals surface area contributed by atoms with Crippen molar-refractivity contribution in [2.45, 2.75) is 25.6 Å². The number of hydrogen-bond donors (Lipinski definition) is 0. The molecule has 30 heavy (non-hydrogen) atoms. The third kappa shape index (κ3) is 3.14. The van der Waals surface area contributed by atoms with Crippen molar-refractivity contribution in [3.63, 3.8) is 0 Å². The van der Waals surface area contributed by atoms with Gasteiger partial charge >= 0.3 is 0 Å². The van der Waals surface area contributed by atoms with E-state index in [9.17, 15) is 0 Å². The molecule has 0 radical (unpaired) electrons. The number of nitrogens with zero attached hydrogens (tertiary/aromatic N) is 3. The molecule has 5 rings (SSSR count). The van der Waals surface area contributed by atoms with Crippen LogP contribution in [0.5, 0.6) is 17.2 Å². The van der Waals surface area contributed by atoms with Crippen LogP contribution in [0.4, 0.5) is 0 Å². The molecular weight excluding hydrogens is 378 g/mol. The second-order valence-electron chi connectivity index (χ2n) is 7.21. The van der Waals surface area contributed by atoms with Gasteiger partial charge < -0.3 is 14.2 Å². The summed E-state index contributed by atoms with van der Waals surface area (Å²) in [6.45, 7) is 2.63. The van der Waals surface area contributed by atoms with Gasteiger partial charge in [0.2, 0.25) is 6.23 Å². The lowest BCUT2D eigenvalue weighted by molar-refractivity contribution is -0.0236. The van der Waals surface area contributed by atoms with Gasteiger partial charge in [-0.15, -0.1) is 0 Å². The Morgan fingerprint density at radius 2 is 1.93 bits per heavy atom. The van der Waals surface area contributed by atoms with E-state index in [0.29, 0.717) is 6.61 Å². The molecule has 2 aliphatic rings. The Balaban J connectivity index is 1.55. The number of pyridine rings is 1. The van der Waals surface area contributed by atoms with E-state index in [1.165, 1.54) is 0 Å². The van der Waals surface area contributed by atoms with Gasteiger partial charge in [0.1, 0.15) is 11.4 Å². The highest BCUT2D eigenvalue weighted by molar-refractivity contribution is 6.02. The first-order chi connectivity index (χ1) is 14.8. The van der Waals surface area contributed by atoms with Crippen LogP contribution >= 0.6 is 0 Å². The summed E-state index contributed by atoms with van der Waals surface area (Å²) in [5, 5.41) is 7.00. The van der Waals surface area contributed by atoms with Crippen molar-refractivity contribution in [2.75, 3.05) is 13.7 Å². The van der Waals surface area contributed by atoms with Gasteiger partial charge in [-0.05, 0) is 55.0 Å². The van der Waals surface area contributed by atoms with E-state index in [1.54, 1.807) is 13.3 Å². The van der Waals surface area contributed by atoms with Crippen LogP contribution in [-0.4, -0.2) is 29.4 Å². The van der Waals surface area contributed by atoms with Crippen molar-refractivity contribution in [2.24, 2.45) is 5.10 Å². The first-order valence-corrected chi connectivity index (χ1v) is 10.1. The van der Waals surface area contributed by atoms with Crippen molar-refractivity contribution >= 4 is 5.71 Å². The lowest BCUT2D eigenvalue weighted by Gasteiger charge is -2.38. The summed E-state index contributed by atoms with van der Waals surface area (Å²) in [7, 11) is 1.66. The molecule has 6 nitrogen and oxygen atoms in total. The molecule has 152 valence electrons. The Morgan fingerprint density at radius 3 is 2.67 bits per heavy atom. The molecule has 3 heterocycles. The molecule has 0 saturated heterocycles. The first kappa shape index (κ1) is 18.5. The number of hydrazone groups is 1. The van der Waals surface area contributed by atoms with Gasteiger partial charge in [-0.25, -0.2) is 5.01 Å². The Morgan fingerprint density at radius 1 is 1.07 bits per heavy atom. The molecule has 2 atom stereocenters. The van der Waals surface area contributed by atoms with Crippen LogP contribution in [-0.2, 0) is 0 Å². The molecule has 0 aliphatic carbocycles. The standard InChI is InChI=1S/C24H23N3O3/c1-3-29-17-12-10-16(11-13-17)20-15-21-18-7-6-9-22(28-2)23(18)30-24(27(21)26-20)19-8-4-5-14-25-19/h4-14,21,24H,3,15H2,1-2H3/t21-,24-/m0/s1. The Labute approximate surface area is 175 Å². The molecule has 2 aromatic carbocycles. The number of fused-ring (bicyclic) bond motifs is 3. The predicted octanol–water partition coefficient (Wildman–Crippen LogP) is 4.73. The Hall–Kier alpha value is -3.54. The van der Waals surface area contributed by atoms with Crippen molar-refractivity contribution < 1.29 is 14.2 Å². The largest absolute Gasteiger partial charge is 0.494 e. The zero-order chi connectivity index (χ0) is 20.5. The van der Waals surface area contributed by atoms with E-state index >= 15 is 0 Å². The highest BCUT2D eigenvalue weighted by Gasteiger charge is 2.42. The average molecular weight is 401 g/mol. The highest BCUT2D eigenvalue weighted by atomic mass is 16.5. The van der Waals surface area contributed by atoms with Crippen molar-refractivity contribution in [1.29, 1.82) is 0 Å². The fourth-order valence-corrected chi connectivity index (χ4v) is 4.05. The molecule has 3 aromatic rings. The molecule has 2 aliphatic heterocycles. The smallest absolute Gasteiger partial charge is 0.230 e. The molecule has 0 N–H and O–H groups in total. The van der Waals surface area contributed by atoms with E-state index < -0.39 is 6.23 Å². The maximum Gasteiger partial charge on any atom is 0.230 e. The van der Waals surface area contributed by atoms with Crippen molar-refractivity contribution in [1.82, 2.24) is 9.99 Å². The first-order valence-electron chi connectivity index (χ1n) is 10.1. The number of ether oxygens (including phenoxy) is 3. The molecule has 0 fully saturated rings. The number of hydrogen-bond acceptors (Lipinski definition) is 6. The van der Waals surface area contributed by atoms with Gasteiger partial charge in [0.15, 0.2) is 11.5 Å². The van der Waals surface area contributed by atoms with Crippen LogP contribution in [0.25, 0.3) is 0 Å². The molecule has 1 aromatic heterocycles. The number of para-hydroxylation sites is 1. The van der Waals surface area contributed by atoms with Crippen LogP contribution in [0.15, 0.2) is 72.0 Å². The number of benzene rings is 2. The second kappa shape index (κ2) is 7.71. The van der Waals surface area contributed by atoms with Gasteiger partial charge in [0, 0.05) is 18.2 Å². The minimum Gasteiger partial charge on any atom is -0.494 e. The molecule has 0 bridgehead atoms. The number of aromatic nitrogens is 1. The monoisotopic (exact) mass is 401 g/mol. The molecule has 0 spiro atoms. The minimum absolute atomic E-state index is 0.0532. The number of rotatable bonds is 5. The SMILES string of the molecule is CCOc1ccc(C2=NN3[C@@H](C2)c2cccc(OC)c2O[C@H]3c2ccccn2)cc1. The average Bonchev–Trinajstić information content (AvgIpc) is 3.25. The van der Waals surface area contributed by atoms with Crippen LogP contribution in [0, 0.1) is 0 Å². The third-order valence-corrected chi connectivity index (χ3v) is 5.44. The van der Waals surface area contributed by atoms with Crippen LogP contribution in [0.2, 0.25) is 0 Å². The zero-order valence-corrected chi connectivity index (χ0v) is 17.0.